The Morgan fingerprint density at radius 1 is 1.05 bits per heavy atom. The summed E-state index contributed by atoms with van der Waals surface area (Å²) >= 11 is 0. The summed E-state index contributed by atoms with van der Waals surface area (Å²) < 4.78 is 14.0. The smallest absolute Gasteiger partial charge is 0.160 e. The van der Waals surface area contributed by atoms with Gasteiger partial charge in [0.1, 0.15) is 5.82 Å². The number of aromatic nitrogens is 2. The van der Waals surface area contributed by atoms with Gasteiger partial charge in [0.25, 0.3) is 0 Å². The number of piperazine rings is 1. The van der Waals surface area contributed by atoms with Crippen molar-refractivity contribution < 1.29 is 4.39 Å². The number of fused-ring (bicyclic) bond motifs is 1. The van der Waals surface area contributed by atoms with Crippen molar-refractivity contribution in [2.24, 2.45) is 0 Å². The highest BCUT2D eigenvalue weighted by Gasteiger charge is 2.19. The molecule has 4 aromatic rings. The first-order chi connectivity index (χ1) is 20.8. The van der Waals surface area contributed by atoms with Crippen LogP contribution in [-0.2, 0) is 6.42 Å². The second-order valence-electron chi connectivity index (χ2n) is 11.9. The Kier molecular flexibility index (Phi) is 9.82. The molecule has 3 aromatic carbocycles. The number of nitrogens with one attached hydrogen (secondary N) is 3. The lowest BCUT2D eigenvalue weighted by molar-refractivity contribution is 0.313. The number of aryl methyl sites for hydroxylation is 1. The predicted octanol–water partition coefficient (Wildman–Crippen LogP) is 7.98. The van der Waals surface area contributed by atoms with E-state index in [0.717, 1.165) is 102 Å². The Bertz CT molecular complexity index is 1550. The van der Waals surface area contributed by atoms with Gasteiger partial charge in [-0.05, 0) is 98.8 Å². The Hall–Kier alpha value is -4.10. The van der Waals surface area contributed by atoms with E-state index in [4.69, 9.17) is 0 Å². The molecule has 3 N–H and O–H groups in total. The second kappa shape index (κ2) is 13.9. The van der Waals surface area contributed by atoms with E-state index in [2.05, 4.69) is 88.1 Å². The lowest BCUT2D eigenvalue weighted by Gasteiger charge is -2.34. The highest BCUT2D eigenvalue weighted by Crippen LogP contribution is 2.33. The minimum atomic E-state index is -0.202. The molecule has 0 amide bonds. The molecule has 0 bridgehead atoms. The molecule has 1 fully saturated rings. The number of nitrogens with zero attached hydrogens (tertiary/aromatic N) is 3. The standard InChI is InChI=1S/C36H45FN6/c1-6-8-10-30(9-7-2)39-35-24-31(43-17-15-42(5)16-18-43)12-13-32(35)26(4)38-36-33-23-27(11-14-34(33)40-41-36)21-28-19-25(3)20-29(37)22-28/h6,11-14,19-20,22-24,30,39H,1,4,7-10,15-18,21H2,2-3,5H3,(H2,38,40,41). The van der Waals surface area contributed by atoms with Gasteiger partial charge in [0.15, 0.2) is 5.82 Å². The van der Waals surface area contributed by atoms with Crippen LogP contribution >= 0.6 is 0 Å². The normalized spacial score (nSPS) is 14.6. The summed E-state index contributed by atoms with van der Waals surface area (Å²) in [4.78, 5) is 4.84. The van der Waals surface area contributed by atoms with E-state index in [1.54, 1.807) is 12.1 Å². The van der Waals surface area contributed by atoms with Crippen molar-refractivity contribution in [2.75, 3.05) is 48.8 Å². The molecule has 0 radical (unpaired) electrons. The van der Waals surface area contributed by atoms with Gasteiger partial charge in [0.05, 0.1) is 5.52 Å². The number of hydrogen-bond donors (Lipinski definition) is 3. The molecule has 1 aliphatic heterocycles. The topological polar surface area (TPSA) is 59.2 Å². The first kappa shape index (κ1) is 30.4. The fourth-order valence-electron chi connectivity index (χ4n) is 5.98. The number of H-pyrrole nitrogens is 1. The van der Waals surface area contributed by atoms with Crippen LogP contribution in [0.15, 0.2) is 73.8 Å². The lowest BCUT2D eigenvalue weighted by Crippen LogP contribution is -2.44. The summed E-state index contributed by atoms with van der Waals surface area (Å²) in [6, 6.07) is 18.4. The molecule has 226 valence electrons. The van der Waals surface area contributed by atoms with Crippen LogP contribution < -0.4 is 15.5 Å². The van der Waals surface area contributed by atoms with Crippen LogP contribution in [0.25, 0.3) is 16.6 Å². The minimum Gasteiger partial charge on any atom is -0.382 e. The lowest BCUT2D eigenvalue weighted by atomic mass is 10.0. The van der Waals surface area contributed by atoms with Gasteiger partial charge < -0.3 is 20.4 Å². The molecule has 43 heavy (non-hydrogen) atoms. The van der Waals surface area contributed by atoms with E-state index < -0.39 is 0 Å². The molecule has 6 nitrogen and oxygen atoms in total. The van der Waals surface area contributed by atoms with Crippen LogP contribution in [0, 0.1) is 12.7 Å². The van der Waals surface area contributed by atoms with Crippen molar-refractivity contribution >= 4 is 33.8 Å². The molecule has 1 saturated heterocycles. The summed E-state index contributed by atoms with van der Waals surface area (Å²) in [5.41, 5.74) is 8.03. The van der Waals surface area contributed by atoms with Gasteiger partial charge in [-0.1, -0.05) is 38.1 Å². The van der Waals surface area contributed by atoms with Crippen LogP contribution in [-0.4, -0.2) is 54.4 Å². The van der Waals surface area contributed by atoms with Crippen LogP contribution in [0.3, 0.4) is 0 Å². The van der Waals surface area contributed by atoms with Gasteiger partial charge in [0.2, 0.25) is 0 Å². The molecule has 0 aliphatic carbocycles. The Morgan fingerprint density at radius 3 is 2.60 bits per heavy atom. The Labute approximate surface area is 255 Å². The third-order valence-electron chi connectivity index (χ3n) is 8.32. The van der Waals surface area contributed by atoms with Gasteiger partial charge in [-0.2, -0.15) is 5.10 Å². The van der Waals surface area contributed by atoms with Crippen LogP contribution in [0.2, 0.25) is 0 Å². The van der Waals surface area contributed by atoms with Crippen molar-refractivity contribution in [3.05, 3.63) is 102 Å². The molecule has 1 aromatic heterocycles. The average molecular weight is 581 g/mol. The molecule has 1 aliphatic rings. The van der Waals surface area contributed by atoms with Gasteiger partial charge in [-0.15, -0.1) is 6.58 Å². The molecule has 2 heterocycles. The number of likely N-dealkylation sites (N-methyl/N-ethyl adjacent to an activating group) is 1. The van der Waals surface area contributed by atoms with Crippen molar-refractivity contribution in [3.8, 4) is 0 Å². The number of halogens is 1. The SMILES string of the molecule is C=CCCC(CCC)Nc1cc(N2CCN(C)CC2)ccc1C(=C)Nc1n[nH]c2ccc(Cc3cc(C)cc(F)c3)cc12. The molecule has 5 rings (SSSR count). The van der Waals surface area contributed by atoms with Crippen LogP contribution in [0.5, 0.6) is 0 Å². The van der Waals surface area contributed by atoms with Crippen molar-refractivity contribution in [2.45, 2.75) is 52.0 Å². The van der Waals surface area contributed by atoms with Crippen LogP contribution in [0.1, 0.15) is 54.9 Å². The van der Waals surface area contributed by atoms with E-state index in [9.17, 15) is 4.39 Å². The van der Waals surface area contributed by atoms with Gasteiger partial charge >= 0.3 is 0 Å². The summed E-state index contributed by atoms with van der Waals surface area (Å²) in [5.74, 6) is 0.523. The zero-order valence-electron chi connectivity index (χ0n) is 25.8. The zero-order chi connectivity index (χ0) is 30.3. The molecule has 0 saturated carbocycles. The maximum Gasteiger partial charge on any atom is 0.160 e. The first-order valence-electron chi connectivity index (χ1n) is 15.5. The third-order valence-corrected chi connectivity index (χ3v) is 8.32. The molecule has 1 atom stereocenters. The van der Waals surface area contributed by atoms with E-state index in [-0.39, 0.29) is 5.82 Å². The number of hydrogen-bond acceptors (Lipinski definition) is 5. The predicted molar refractivity (Wildman–Crippen MR) is 181 cm³/mol. The maximum absolute atomic E-state index is 14.0. The minimum absolute atomic E-state index is 0.202. The molecule has 1 unspecified atom stereocenters. The molecular weight excluding hydrogens is 535 g/mol. The number of benzene rings is 3. The molecule has 0 spiro atoms. The Morgan fingerprint density at radius 2 is 1.86 bits per heavy atom. The first-order valence-corrected chi connectivity index (χ1v) is 15.5. The number of anilines is 3. The molecule has 7 heteroatoms. The number of rotatable bonds is 13. The second-order valence-corrected chi connectivity index (χ2v) is 11.9. The average Bonchev–Trinajstić information content (AvgIpc) is 3.37. The van der Waals surface area contributed by atoms with Gasteiger partial charge in [-0.25, -0.2) is 4.39 Å². The monoisotopic (exact) mass is 580 g/mol. The number of aromatic amines is 1. The van der Waals surface area contributed by atoms with Crippen molar-refractivity contribution in [3.63, 3.8) is 0 Å². The third kappa shape index (κ3) is 7.65. The zero-order valence-corrected chi connectivity index (χ0v) is 25.8. The summed E-state index contributed by atoms with van der Waals surface area (Å²) in [5, 5.41) is 16.1. The fourth-order valence-corrected chi connectivity index (χ4v) is 5.98. The summed E-state index contributed by atoms with van der Waals surface area (Å²) in [7, 11) is 2.18. The van der Waals surface area contributed by atoms with Crippen LogP contribution in [0.4, 0.5) is 21.6 Å². The van der Waals surface area contributed by atoms with E-state index in [1.165, 1.54) is 5.69 Å². The van der Waals surface area contributed by atoms with E-state index >= 15 is 0 Å². The summed E-state index contributed by atoms with van der Waals surface area (Å²) in [6.45, 7) is 16.7. The van der Waals surface area contributed by atoms with Gasteiger partial charge in [-0.3, -0.25) is 5.10 Å². The van der Waals surface area contributed by atoms with E-state index in [0.29, 0.717) is 12.5 Å². The van der Waals surface area contributed by atoms with Crippen molar-refractivity contribution in [1.82, 2.24) is 15.1 Å². The molecular formula is C36H45FN6. The number of allylic oxidation sites excluding steroid dienone is 1. The van der Waals surface area contributed by atoms with Crippen molar-refractivity contribution in [1.29, 1.82) is 0 Å². The van der Waals surface area contributed by atoms with Gasteiger partial charge in [0, 0.05) is 60.2 Å². The summed E-state index contributed by atoms with van der Waals surface area (Å²) in [6.07, 6.45) is 6.85. The largest absolute Gasteiger partial charge is 0.382 e. The Balaban J connectivity index is 1.41. The fraction of sp³-hybridized carbons (Fsp3) is 0.361. The highest BCUT2D eigenvalue weighted by molar-refractivity contribution is 5.95. The van der Waals surface area contributed by atoms with E-state index in [1.807, 2.05) is 25.1 Å². The quantitative estimate of drug-likeness (QED) is 0.140. The highest BCUT2D eigenvalue weighted by atomic mass is 19.1. The maximum atomic E-state index is 14.0.